The second-order valence-corrected chi connectivity index (χ2v) is 5.70. The average Bonchev–Trinajstić information content (AvgIpc) is 3.22. The summed E-state index contributed by atoms with van der Waals surface area (Å²) in [6, 6.07) is 11.5. The highest BCUT2D eigenvalue weighted by Gasteiger charge is 2.14. The summed E-state index contributed by atoms with van der Waals surface area (Å²) in [5.74, 6) is 0.537. The molecule has 1 aromatic carbocycles. The van der Waals surface area contributed by atoms with Gasteiger partial charge in [0.2, 0.25) is 5.89 Å². The van der Waals surface area contributed by atoms with Crippen molar-refractivity contribution < 1.29 is 8.83 Å². The number of hydrogen-bond donors (Lipinski definition) is 0. The Morgan fingerprint density at radius 3 is 2.83 bits per heavy atom. The van der Waals surface area contributed by atoms with Crippen LogP contribution in [0.4, 0.5) is 0 Å². The maximum Gasteiger partial charge on any atom is 0.230 e. The third-order valence-corrected chi connectivity index (χ3v) is 3.89. The van der Waals surface area contributed by atoms with Gasteiger partial charge in [0.05, 0.1) is 11.8 Å². The van der Waals surface area contributed by atoms with Crippen LogP contribution in [0.5, 0.6) is 0 Å². The molecule has 0 saturated heterocycles. The Balaban J connectivity index is 1.70. The predicted molar refractivity (Wildman–Crippen MR) is 88.4 cm³/mol. The number of benzene rings is 1. The molecule has 0 saturated carbocycles. The van der Waals surface area contributed by atoms with E-state index in [0.717, 1.165) is 40.8 Å². The quantitative estimate of drug-likeness (QED) is 0.534. The average molecular weight is 325 g/mol. The van der Waals surface area contributed by atoms with Crippen molar-refractivity contribution in [3.63, 3.8) is 0 Å². The van der Waals surface area contributed by atoms with E-state index in [2.05, 4.69) is 9.97 Å². The van der Waals surface area contributed by atoms with Crippen LogP contribution in [0.15, 0.2) is 64.0 Å². The molecule has 0 amide bonds. The molecule has 114 valence electrons. The lowest BCUT2D eigenvalue weighted by molar-refractivity contribution is 0.564. The first-order valence-electron chi connectivity index (χ1n) is 7.31. The van der Waals surface area contributed by atoms with Crippen LogP contribution in [0.25, 0.3) is 22.6 Å². The lowest BCUT2D eigenvalue weighted by Crippen LogP contribution is -1.94. The molecule has 3 heterocycles. The lowest BCUT2D eigenvalue weighted by atomic mass is 10.1. The van der Waals surface area contributed by atoms with E-state index in [9.17, 15) is 0 Å². The Kier molecular flexibility index (Phi) is 3.60. The molecule has 0 N–H and O–H groups in total. The van der Waals surface area contributed by atoms with E-state index in [-0.39, 0.29) is 0 Å². The molecular weight excluding hydrogens is 312 g/mol. The molecule has 23 heavy (non-hydrogen) atoms. The summed E-state index contributed by atoms with van der Waals surface area (Å²) in [5.41, 5.74) is 4.40. The molecule has 0 aliphatic heterocycles. The smallest absolute Gasteiger partial charge is 0.230 e. The lowest BCUT2D eigenvalue weighted by Gasteiger charge is -2.03. The third kappa shape index (κ3) is 2.85. The summed E-state index contributed by atoms with van der Waals surface area (Å²) in [4.78, 5) is 8.86. The van der Waals surface area contributed by atoms with Crippen LogP contribution in [0.2, 0.25) is 5.02 Å². The molecule has 4 aromatic rings. The largest absolute Gasteiger partial charge is 0.472 e. The minimum absolute atomic E-state index is 0.537. The number of oxazole rings is 1. The van der Waals surface area contributed by atoms with E-state index in [1.807, 2.05) is 36.4 Å². The fourth-order valence-corrected chi connectivity index (χ4v) is 2.80. The summed E-state index contributed by atoms with van der Waals surface area (Å²) < 4.78 is 11.0. The van der Waals surface area contributed by atoms with Gasteiger partial charge in [0.25, 0.3) is 0 Å². The van der Waals surface area contributed by atoms with Crippen molar-refractivity contribution in [3.05, 3.63) is 71.4 Å². The Hall–Kier alpha value is -2.59. The zero-order valence-corrected chi connectivity index (χ0v) is 13.0. The van der Waals surface area contributed by atoms with Crippen molar-refractivity contribution in [1.82, 2.24) is 9.97 Å². The highest BCUT2D eigenvalue weighted by molar-refractivity contribution is 6.31. The van der Waals surface area contributed by atoms with Crippen molar-refractivity contribution >= 4 is 22.7 Å². The molecule has 0 spiro atoms. The molecule has 4 rings (SSSR count). The molecule has 0 atom stereocenters. The van der Waals surface area contributed by atoms with Gasteiger partial charge in [-0.2, -0.15) is 0 Å². The van der Waals surface area contributed by atoms with Crippen LogP contribution >= 0.6 is 11.6 Å². The van der Waals surface area contributed by atoms with Gasteiger partial charge in [-0.1, -0.05) is 17.7 Å². The topological polar surface area (TPSA) is 52.1 Å². The second-order valence-electron chi connectivity index (χ2n) is 5.27. The Labute approximate surface area is 137 Å². The maximum atomic E-state index is 6.22. The van der Waals surface area contributed by atoms with Crippen molar-refractivity contribution in [2.75, 3.05) is 0 Å². The number of pyridine rings is 1. The first-order valence-corrected chi connectivity index (χ1v) is 7.69. The van der Waals surface area contributed by atoms with Gasteiger partial charge in [-0.15, -0.1) is 0 Å². The van der Waals surface area contributed by atoms with Crippen molar-refractivity contribution in [2.24, 2.45) is 0 Å². The van der Waals surface area contributed by atoms with Gasteiger partial charge < -0.3 is 8.83 Å². The Morgan fingerprint density at radius 1 is 1.09 bits per heavy atom. The minimum Gasteiger partial charge on any atom is -0.472 e. The highest BCUT2D eigenvalue weighted by Crippen LogP contribution is 2.30. The molecular formula is C18H13ClN2O2. The van der Waals surface area contributed by atoms with Crippen LogP contribution in [-0.2, 0) is 12.8 Å². The van der Waals surface area contributed by atoms with Gasteiger partial charge in [-0.05, 0) is 48.7 Å². The predicted octanol–water partition coefficient (Wildman–Crippen LogP) is 4.92. The number of halogens is 1. The van der Waals surface area contributed by atoms with Crippen LogP contribution in [0.1, 0.15) is 11.3 Å². The molecule has 0 radical (unpaired) electrons. The van der Waals surface area contributed by atoms with E-state index in [4.69, 9.17) is 20.4 Å². The fourth-order valence-electron chi connectivity index (χ4n) is 2.57. The number of fused-ring (bicyclic) bond motifs is 1. The SMILES string of the molecule is Clc1cc(CCc2ccccn2)c2oc(-c3ccoc3)nc2c1. The van der Waals surface area contributed by atoms with Gasteiger partial charge in [0.1, 0.15) is 11.8 Å². The molecule has 4 nitrogen and oxygen atoms in total. The van der Waals surface area contributed by atoms with E-state index in [0.29, 0.717) is 10.9 Å². The number of hydrogen-bond acceptors (Lipinski definition) is 4. The third-order valence-electron chi connectivity index (χ3n) is 3.68. The summed E-state index contributed by atoms with van der Waals surface area (Å²) in [6.45, 7) is 0. The zero-order valence-electron chi connectivity index (χ0n) is 12.2. The van der Waals surface area contributed by atoms with E-state index >= 15 is 0 Å². The van der Waals surface area contributed by atoms with Gasteiger partial charge >= 0.3 is 0 Å². The number of rotatable bonds is 4. The molecule has 0 aliphatic carbocycles. The zero-order chi connectivity index (χ0) is 15.6. The molecule has 5 heteroatoms. The number of nitrogens with zero attached hydrogens (tertiary/aromatic N) is 2. The molecule has 3 aromatic heterocycles. The van der Waals surface area contributed by atoms with E-state index in [1.165, 1.54) is 0 Å². The Bertz CT molecular complexity index is 930. The van der Waals surface area contributed by atoms with Crippen molar-refractivity contribution in [2.45, 2.75) is 12.8 Å². The van der Waals surface area contributed by atoms with Gasteiger partial charge in [-0.25, -0.2) is 4.98 Å². The van der Waals surface area contributed by atoms with Crippen molar-refractivity contribution in [1.29, 1.82) is 0 Å². The van der Waals surface area contributed by atoms with Crippen LogP contribution < -0.4 is 0 Å². The first kappa shape index (κ1) is 14.0. The minimum atomic E-state index is 0.537. The van der Waals surface area contributed by atoms with Gasteiger partial charge in [0, 0.05) is 16.9 Å². The van der Waals surface area contributed by atoms with Crippen LogP contribution in [0.3, 0.4) is 0 Å². The number of aromatic nitrogens is 2. The van der Waals surface area contributed by atoms with Gasteiger partial charge in [0.15, 0.2) is 5.58 Å². The summed E-state index contributed by atoms with van der Waals surface area (Å²) in [5, 5.41) is 0.653. The van der Waals surface area contributed by atoms with Crippen LogP contribution in [-0.4, -0.2) is 9.97 Å². The number of furan rings is 1. The molecule has 0 aliphatic rings. The summed E-state index contributed by atoms with van der Waals surface area (Å²) in [7, 11) is 0. The Morgan fingerprint density at radius 2 is 2.04 bits per heavy atom. The standard InChI is InChI=1S/C18H13ClN2O2/c19-14-9-12(4-5-15-3-1-2-7-20-15)17-16(10-14)21-18(23-17)13-6-8-22-11-13/h1-3,6-11H,4-5H2. The molecule has 0 unspecified atom stereocenters. The fraction of sp³-hybridized carbons (Fsp3) is 0.111. The normalized spacial score (nSPS) is 11.2. The van der Waals surface area contributed by atoms with Crippen LogP contribution in [0, 0.1) is 0 Å². The van der Waals surface area contributed by atoms with E-state index < -0.39 is 0 Å². The van der Waals surface area contributed by atoms with Crippen molar-refractivity contribution in [3.8, 4) is 11.5 Å². The monoisotopic (exact) mass is 324 g/mol. The maximum absolute atomic E-state index is 6.22. The molecule has 0 fully saturated rings. The summed E-state index contributed by atoms with van der Waals surface area (Å²) >= 11 is 6.22. The second kappa shape index (κ2) is 5.89. The first-order chi connectivity index (χ1) is 11.3. The molecule has 0 bridgehead atoms. The number of aryl methyl sites for hydroxylation is 2. The highest BCUT2D eigenvalue weighted by atomic mass is 35.5. The van der Waals surface area contributed by atoms with Gasteiger partial charge in [-0.3, -0.25) is 4.98 Å². The van der Waals surface area contributed by atoms with E-state index in [1.54, 1.807) is 18.7 Å². The summed E-state index contributed by atoms with van der Waals surface area (Å²) in [6.07, 6.45) is 6.61.